The van der Waals surface area contributed by atoms with Crippen molar-refractivity contribution in [1.82, 2.24) is 24.3 Å². The Morgan fingerprint density at radius 1 is 1.08 bits per heavy atom. The van der Waals surface area contributed by atoms with Crippen molar-refractivity contribution in [1.29, 1.82) is 0 Å². The number of aromatic nitrogens is 5. The summed E-state index contributed by atoms with van der Waals surface area (Å²) in [5, 5.41) is 2.77. The Kier molecular flexibility index (Phi) is 3.55. The van der Waals surface area contributed by atoms with Gasteiger partial charge in [-0.2, -0.15) is 0 Å². The van der Waals surface area contributed by atoms with Crippen LogP contribution < -0.4 is 11.1 Å². The molecule has 4 aromatic rings. The Labute approximate surface area is 142 Å². The Morgan fingerprint density at radius 2 is 1.96 bits per heavy atom. The highest BCUT2D eigenvalue weighted by Crippen LogP contribution is 2.22. The standard InChI is InChI=1S/C17H13N7O/c18-15-14(19-6-7-20-15)16(25)22-12-4-1-3-11(9-12)13-10-24-8-2-5-21-17(24)23-13/h1-10H,(H2,18,20)(H,22,25). The molecule has 0 bridgehead atoms. The number of nitrogens with two attached hydrogens (primary N) is 1. The van der Waals surface area contributed by atoms with Gasteiger partial charge in [0.25, 0.3) is 5.91 Å². The Bertz CT molecular complexity index is 1040. The van der Waals surface area contributed by atoms with Gasteiger partial charge < -0.3 is 11.1 Å². The molecule has 0 saturated heterocycles. The third-order valence-electron chi connectivity index (χ3n) is 3.59. The Morgan fingerprint density at radius 3 is 2.80 bits per heavy atom. The third kappa shape index (κ3) is 2.88. The average molecular weight is 331 g/mol. The SMILES string of the molecule is Nc1nccnc1C(=O)Nc1cccc(-c2cn3cccnc3n2)c1. The molecular weight excluding hydrogens is 318 g/mol. The summed E-state index contributed by atoms with van der Waals surface area (Å²) in [6.07, 6.45) is 8.30. The van der Waals surface area contributed by atoms with Gasteiger partial charge in [-0.3, -0.25) is 9.20 Å². The van der Waals surface area contributed by atoms with Crippen molar-refractivity contribution in [2.45, 2.75) is 0 Å². The highest BCUT2D eigenvalue weighted by Gasteiger charge is 2.13. The van der Waals surface area contributed by atoms with Crippen LogP contribution in [0.25, 0.3) is 17.0 Å². The largest absolute Gasteiger partial charge is 0.382 e. The van der Waals surface area contributed by atoms with Crippen molar-refractivity contribution in [3.05, 3.63) is 67.0 Å². The predicted octanol–water partition coefficient (Wildman–Crippen LogP) is 2.02. The lowest BCUT2D eigenvalue weighted by Gasteiger charge is -2.07. The second kappa shape index (κ2) is 6.00. The van der Waals surface area contributed by atoms with Crippen LogP contribution in [-0.2, 0) is 0 Å². The number of nitrogens with zero attached hydrogens (tertiary/aromatic N) is 5. The van der Waals surface area contributed by atoms with Gasteiger partial charge in [0.1, 0.15) is 0 Å². The minimum Gasteiger partial charge on any atom is -0.382 e. The van der Waals surface area contributed by atoms with Gasteiger partial charge >= 0.3 is 0 Å². The first-order valence-electron chi connectivity index (χ1n) is 7.49. The maximum atomic E-state index is 12.3. The van der Waals surface area contributed by atoms with E-state index in [0.29, 0.717) is 11.5 Å². The van der Waals surface area contributed by atoms with Crippen LogP contribution >= 0.6 is 0 Å². The number of nitrogens with one attached hydrogen (secondary N) is 1. The number of benzene rings is 1. The fourth-order valence-corrected chi connectivity index (χ4v) is 2.44. The molecule has 3 heterocycles. The van der Waals surface area contributed by atoms with Gasteiger partial charge in [0.2, 0.25) is 5.78 Å². The molecule has 8 nitrogen and oxygen atoms in total. The molecule has 4 rings (SSSR count). The molecule has 0 saturated carbocycles. The molecule has 8 heteroatoms. The zero-order valence-electron chi connectivity index (χ0n) is 13.0. The van der Waals surface area contributed by atoms with Gasteiger partial charge in [-0.25, -0.2) is 19.9 Å². The molecule has 0 fully saturated rings. The summed E-state index contributed by atoms with van der Waals surface area (Å²) in [7, 11) is 0. The van der Waals surface area contributed by atoms with E-state index in [1.54, 1.807) is 12.3 Å². The number of amides is 1. The number of hydrogen-bond donors (Lipinski definition) is 2. The molecule has 0 radical (unpaired) electrons. The second-order valence-corrected chi connectivity index (χ2v) is 5.28. The molecule has 3 aromatic heterocycles. The zero-order valence-corrected chi connectivity index (χ0v) is 13.0. The van der Waals surface area contributed by atoms with Gasteiger partial charge in [0, 0.05) is 42.2 Å². The van der Waals surface area contributed by atoms with Gasteiger partial charge in [-0.1, -0.05) is 12.1 Å². The number of carbonyl (C=O) groups excluding carboxylic acids is 1. The van der Waals surface area contributed by atoms with Gasteiger partial charge in [-0.15, -0.1) is 0 Å². The number of anilines is 2. The summed E-state index contributed by atoms with van der Waals surface area (Å²) in [4.78, 5) is 28.8. The van der Waals surface area contributed by atoms with Crippen molar-refractivity contribution >= 4 is 23.2 Å². The van der Waals surface area contributed by atoms with Crippen LogP contribution in [-0.4, -0.2) is 30.2 Å². The summed E-state index contributed by atoms with van der Waals surface area (Å²) in [5.41, 5.74) is 8.00. The molecule has 0 unspecified atom stereocenters. The maximum absolute atomic E-state index is 12.3. The number of rotatable bonds is 3. The van der Waals surface area contributed by atoms with E-state index in [0.717, 1.165) is 11.3 Å². The van der Waals surface area contributed by atoms with Gasteiger partial charge in [0.15, 0.2) is 11.5 Å². The lowest BCUT2D eigenvalue weighted by Crippen LogP contribution is -2.16. The molecule has 0 aliphatic rings. The monoisotopic (exact) mass is 331 g/mol. The molecule has 122 valence electrons. The van der Waals surface area contributed by atoms with Crippen molar-refractivity contribution in [2.75, 3.05) is 11.1 Å². The van der Waals surface area contributed by atoms with E-state index in [-0.39, 0.29) is 11.5 Å². The van der Waals surface area contributed by atoms with Gasteiger partial charge in [0.05, 0.1) is 5.69 Å². The van der Waals surface area contributed by atoms with Crippen LogP contribution in [0.3, 0.4) is 0 Å². The first-order valence-corrected chi connectivity index (χ1v) is 7.49. The summed E-state index contributed by atoms with van der Waals surface area (Å²) < 4.78 is 1.83. The normalized spacial score (nSPS) is 10.7. The molecule has 0 atom stereocenters. The Balaban J connectivity index is 1.63. The van der Waals surface area contributed by atoms with Crippen LogP contribution in [0, 0.1) is 0 Å². The second-order valence-electron chi connectivity index (χ2n) is 5.28. The lowest BCUT2D eigenvalue weighted by atomic mass is 10.1. The number of hydrogen-bond acceptors (Lipinski definition) is 6. The van der Waals surface area contributed by atoms with Crippen LogP contribution in [0.5, 0.6) is 0 Å². The van der Waals surface area contributed by atoms with Crippen LogP contribution in [0.2, 0.25) is 0 Å². The molecule has 0 aliphatic carbocycles. The van der Waals surface area contributed by atoms with Crippen molar-refractivity contribution in [3.63, 3.8) is 0 Å². The molecule has 25 heavy (non-hydrogen) atoms. The topological polar surface area (TPSA) is 111 Å². The van der Waals surface area contributed by atoms with E-state index in [1.807, 2.05) is 41.1 Å². The zero-order chi connectivity index (χ0) is 17.2. The summed E-state index contributed by atoms with van der Waals surface area (Å²) in [6, 6.07) is 9.19. The minimum absolute atomic E-state index is 0.0857. The molecular formula is C17H13N7O. The molecule has 1 amide bonds. The van der Waals surface area contributed by atoms with Crippen LogP contribution in [0.4, 0.5) is 11.5 Å². The number of carbonyl (C=O) groups is 1. The minimum atomic E-state index is -0.417. The van der Waals surface area contributed by atoms with Gasteiger partial charge in [-0.05, 0) is 18.2 Å². The van der Waals surface area contributed by atoms with Crippen molar-refractivity contribution in [2.24, 2.45) is 0 Å². The third-order valence-corrected chi connectivity index (χ3v) is 3.59. The van der Waals surface area contributed by atoms with Crippen molar-refractivity contribution < 1.29 is 4.79 Å². The number of fused-ring (bicyclic) bond motifs is 1. The van der Waals surface area contributed by atoms with Crippen LogP contribution in [0.15, 0.2) is 61.3 Å². The van der Waals surface area contributed by atoms with E-state index < -0.39 is 5.91 Å². The number of nitrogen functional groups attached to an aromatic ring is 1. The predicted molar refractivity (Wildman–Crippen MR) is 92.8 cm³/mol. The van der Waals surface area contributed by atoms with Crippen LogP contribution in [0.1, 0.15) is 10.5 Å². The van der Waals surface area contributed by atoms with E-state index in [4.69, 9.17) is 5.73 Å². The highest BCUT2D eigenvalue weighted by atomic mass is 16.1. The quantitative estimate of drug-likeness (QED) is 0.594. The maximum Gasteiger partial charge on any atom is 0.278 e. The van der Waals surface area contributed by atoms with E-state index in [1.165, 1.54) is 12.4 Å². The number of imidazole rings is 1. The van der Waals surface area contributed by atoms with E-state index in [2.05, 4.69) is 25.3 Å². The smallest absolute Gasteiger partial charge is 0.278 e. The fraction of sp³-hybridized carbons (Fsp3) is 0. The molecule has 0 aliphatic heterocycles. The first kappa shape index (κ1) is 14.8. The average Bonchev–Trinajstić information content (AvgIpc) is 3.06. The molecule has 3 N–H and O–H groups in total. The lowest BCUT2D eigenvalue weighted by molar-refractivity contribution is 0.102. The fourth-order valence-electron chi connectivity index (χ4n) is 2.44. The van der Waals surface area contributed by atoms with E-state index in [9.17, 15) is 4.79 Å². The first-order chi connectivity index (χ1) is 12.2. The summed E-state index contributed by atoms with van der Waals surface area (Å²) in [5.74, 6) is 0.279. The summed E-state index contributed by atoms with van der Waals surface area (Å²) >= 11 is 0. The van der Waals surface area contributed by atoms with E-state index >= 15 is 0 Å². The van der Waals surface area contributed by atoms with Crippen molar-refractivity contribution in [3.8, 4) is 11.3 Å². The summed E-state index contributed by atoms with van der Waals surface area (Å²) in [6.45, 7) is 0. The molecule has 1 aromatic carbocycles. The highest BCUT2D eigenvalue weighted by molar-refractivity contribution is 6.05. The molecule has 0 spiro atoms. The Hall–Kier alpha value is -3.81.